The number of nitrogens with two attached hydrogens (primary N) is 2. The Labute approximate surface area is 273 Å². The molecule has 0 unspecified atom stereocenters. The molecule has 0 bridgehead atoms. The maximum Gasteiger partial charge on any atom is 0.187 e. The molecule has 5 aromatic heterocycles. The molecule has 2 aromatic carbocycles. The molecule has 0 atom stereocenters. The molecule has 0 saturated carbocycles. The smallest absolute Gasteiger partial charge is 0.187 e. The van der Waals surface area contributed by atoms with E-state index in [-0.39, 0.29) is 5.82 Å². The number of anilines is 2. The third kappa shape index (κ3) is 8.15. The lowest BCUT2D eigenvalue weighted by Gasteiger charge is -2.02. The van der Waals surface area contributed by atoms with Crippen LogP contribution in [0.25, 0.3) is 22.6 Å². The second kappa shape index (κ2) is 14.7. The topological polar surface area (TPSA) is 187 Å². The first-order valence-electron chi connectivity index (χ1n) is 13.9. The van der Waals surface area contributed by atoms with Crippen molar-refractivity contribution in [3.63, 3.8) is 0 Å². The van der Waals surface area contributed by atoms with Crippen molar-refractivity contribution >= 4 is 45.7 Å². The van der Waals surface area contributed by atoms with Crippen molar-refractivity contribution in [2.75, 3.05) is 11.5 Å². The lowest BCUT2D eigenvalue weighted by molar-refractivity contribution is 0.689. The maximum atomic E-state index is 8.76. The fourth-order valence-electron chi connectivity index (χ4n) is 4.37. The zero-order valence-corrected chi connectivity index (χ0v) is 26.6. The fourth-order valence-corrected chi connectivity index (χ4v) is 5.34. The molecule has 7 rings (SSSR count). The number of aromatic nitrogens is 8. The van der Waals surface area contributed by atoms with Crippen LogP contribution in [-0.4, -0.2) is 38.3 Å². The first-order valence-corrected chi connectivity index (χ1v) is 15.5. The molecule has 0 amide bonds. The van der Waals surface area contributed by atoms with Crippen LogP contribution in [0.4, 0.5) is 11.6 Å². The fraction of sp³-hybridized carbons (Fsp3) is 0.125. The summed E-state index contributed by atoms with van der Waals surface area (Å²) in [6.45, 7) is 5.42. The standard InChI is InChI=1S/C16H14N6S.C12H12N4.C4H2N2S/c1-10-3-2-4-11(7-10)8-22-9-12-14(17)18-16(19-15(12)20-22)13-5-6-23-21-13;1-9-3-2-4-10(5-9)7-16-8-11(6-13)12(14)15-16;5-3-4-1-2-7-6-4/h2-7,9H,8H2,1H3,(H2,17,18,19,20);2-5,8H,7H2,1H3,(H2,14,15);1-2H. The van der Waals surface area contributed by atoms with Gasteiger partial charge in [0.2, 0.25) is 0 Å². The van der Waals surface area contributed by atoms with Crippen LogP contribution in [0.5, 0.6) is 0 Å². The Bertz CT molecular complexity index is 2130. The highest BCUT2D eigenvalue weighted by Crippen LogP contribution is 2.22. The van der Waals surface area contributed by atoms with Crippen LogP contribution in [0.2, 0.25) is 0 Å². The Morgan fingerprint density at radius 2 is 1.39 bits per heavy atom. The molecular formula is C32H28N12S2. The monoisotopic (exact) mass is 644 g/mol. The highest BCUT2D eigenvalue weighted by molar-refractivity contribution is 7.03. The van der Waals surface area contributed by atoms with E-state index < -0.39 is 0 Å². The van der Waals surface area contributed by atoms with Gasteiger partial charge < -0.3 is 11.5 Å². The third-order valence-electron chi connectivity index (χ3n) is 6.44. The van der Waals surface area contributed by atoms with Crippen LogP contribution in [0.3, 0.4) is 0 Å². The van der Waals surface area contributed by atoms with E-state index in [9.17, 15) is 0 Å². The molecule has 0 saturated heterocycles. The van der Waals surface area contributed by atoms with E-state index in [0.717, 1.165) is 16.6 Å². The van der Waals surface area contributed by atoms with Gasteiger partial charge in [0.1, 0.15) is 29.2 Å². The Balaban J connectivity index is 0.000000156. The molecule has 5 heterocycles. The summed E-state index contributed by atoms with van der Waals surface area (Å²) in [6.07, 6.45) is 3.55. The number of nitriles is 2. The molecule has 0 fully saturated rings. The lowest BCUT2D eigenvalue weighted by atomic mass is 10.1. The number of benzene rings is 2. The van der Waals surface area contributed by atoms with Crippen LogP contribution in [0, 0.1) is 36.5 Å². The largest absolute Gasteiger partial charge is 0.383 e. The molecule has 0 spiro atoms. The van der Waals surface area contributed by atoms with E-state index in [0.29, 0.717) is 41.6 Å². The third-order valence-corrected chi connectivity index (χ3v) is 7.56. The summed E-state index contributed by atoms with van der Waals surface area (Å²) in [7, 11) is 0. The summed E-state index contributed by atoms with van der Waals surface area (Å²) >= 11 is 2.65. The van der Waals surface area contributed by atoms with Gasteiger partial charge in [0.25, 0.3) is 0 Å². The Morgan fingerprint density at radius 3 is 1.91 bits per heavy atom. The van der Waals surface area contributed by atoms with Crippen LogP contribution >= 0.6 is 23.1 Å². The summed E-state index contributed by atoms with van der Waals surface area (Å²) in [4.78, 5) is 8.82. The zero-order valence-electron chi connectivity index (χ0n) is 24.9. The van der Waals surface area contributed by atoms with Gasteiger partial charge in [-0.1, -0.05) is 59.7 Å². The summed E-state index contributed by atoms with van der Waals surface area (Å²) in [5.41, 5.74) is 18.6. The van der Waals surface area contributed by atoms with Crippen molar-refractivity contribution in [3.05, 3.63) is 117 Å². The van der Waals surface area contributed by atoms with Crippen molar-refractivity contribution in [1.82, 2.24) is 38.3 Å². The number of nitrogens with zero attached hydrogens (tertiary/aromatic N) is 10. The molecule has 7 aromatic rings. The first-order chi connectivity index (χ1) is 22.3. The van der Waals surface area contributed by atoms with E-state index in [1.165, 1.54) is 39.8 Å². The lowest BCUT2D eigenvalue weighted by Crippen LogP contribution is -2.01. The van der Waals surface area contributed by atoms with Crippen molar-refractivity contribution in [1.29, 1.82) is 10.5 Å². The minimum absolute atomic E-state index is 0.287. The second-order valence-electron chi connectivity index (χ2n) is 10.1. The average molecular weight is 645 g/mol. The molecule has 46 heavy (non-hydrogen) atoms. The average Bonchev–Trinajstić information content (AvgIpc) is 3.86. The molecule has 14 heteroatoms. The number of hydrogen-bond donors (Lipinski definition) is 2. The van der Waals surface area contributed by atoms with Crippen LogP contribution in [0.15, 0.2) is 83.8 Å². The second-order valence-corrected chi connectivity index (χ2v) is 11.4. The summed E-state index contributed by atoms with van der Waals surface area (Å²) in [5, 5.41) is 29.9. The quantitative estimate of drug-likeness (QED) is 0.239. The van der Waals surface area contributed by atoms with Gasteiger partial charge >= 0.3 is 0 Å². The molecule has 228 valence electrons. The van der Waals surface area contributed by atoms with Crippen molar-refractivity contribution in [3.8, 4) is 23.7 Å². The van der Waals surface area contributed by atoms with Crippen LogP contribution in [0.1, 0.15) is 33.5 Å². The first kappa shape index (κ1) is 31.5. The number of hydrogen-bond acceptors (Lipinski definition) is 12. The van der Waals surface area contributed by atoms with Gasteiger partial charge in [-0.3, -0.25) is 9.36 Å². The predicted octanol–water partition coefficient (Wildman–Crippen LogP) is 5.60. The SMILES string of the molecule is Cc1cccc(Cn2cc(C#N)c(N)n2)c1.Cc1cccc(Cn2cc3c(N)nc(-c4ccsn4)nc3n2)c1.N#Cc1ccsn1. The number of nitrogen functional groups attached to an aromatic ring is 2. The van der Waals surface area contributed by atoms with Gasteiger partial charge in [-0.2, -0.15) is 29.5 Å². The van der Waals surface area contributed by atoms with E-state index >= 15 is 0 Å². The Hall–Kier alpha value is -5.96. The maximum absolute atomic E-state index is 8.76. The highest BCUT2D eigenvalue weighted by atomic mass is 32.1. The van der Waals surface area contributed by atoms with Gasteiger partial charge in [0.15, 0.2) is 23.0 Å². The van der Waals surface area contributed by atoms with Crippen molar-refractivity contribution in [2.45, 2.75) is 26.9 Å². The molecule has 0 radical (unpaired) electrons. The number of aryl methyl sites for hydroxylation is 2. The summed E-state index contributed by atoms with van der Waals surface area (Å²) in [6, 6.07) is 24.0. The predicted molar refractivity (Wildman–Crippen MR) is 180 cm³/mol. The summed E-state index contributed by atoms with van der Waals surface area (Å²) < 4.78 is 11.5. The molecule has 0 aliphatic carbocycles. The molecule has 4 N–H and O–H groups in total. The van der Waals surface area contributed by atoms with Gasteiger partial charge in [-0.05, 0) is 60.2 Å². The minimum atomic E-state index is 0.287. The van der Waals surface area contributed by atoms with Gasteiger partial charge in [-0.15, -0.1) is 0 Å². The Kier molecular flexibility index (Phi) is 10.0. The molecular weight excluding hydrogens is 617 g/mol. The van der Waals surface area contributed by atoms with Crippen LogP contribution in [-0.2, 0) is 13.1 Å². The summed E-state index contributed by atoms with van der Waals surface area (Å²) in [5.74, 6) is 1.22. The van der Waals surface area contributed by atoms with Gasteiger partial charge in [0, 0.05) is 23.2 Å². The normalized spacial score (nSPS) is 10.3. The van der Waals surface area contributed by atoms with Crippen molar-refractivity contribution < 1.29 is 0 Å². The van der Waals surface area contributed by atoms with Crippen LogP contribution < -0.4 is 11.5 Å². The van der Waals surface area contributed by atoms with Gasteiger partial charge in [0.05, 0.1) is 18.5 Å². The minimum Gasteiger partial charge on any atom is -0.383 e. The highest BCUT2D eigenvalue weighted by Gasteiger charge is 2.12. The number of rotatable bonds is 5. The van der Waals surface area contributed by atoms with E-state index in [2.05, 4.69) is 60.1 Å². The number of fused-ring (bicyclic) bond motifs is 1. The van der Waals surface area contributed by atoms with Crippen molar-refractivity contribution in [2.24, 2.45) is 0 Å². The zero-order chi connectivity index (χ0) is 32.5. The van der Waals surface area contributed by atoms with E-state index in [4.69, 9.17) is 22.0 Å². The molecule has 0 aliphatic heterocycles. The molecule has 0 aliphatic rings. The van der Waals surface area contributed by atoms with E-state index in [1.807, 2.05) is 65.7 Å². The molecule has 12 nitrogen and oxygen atoms in total. The van der Waals surface area contributed by atoms with E-state index in [1.54, 1.807) is 22.3 Å². The Morgan fingerprint density at radius 1 is 0.739 bits per heavy atom. The van der Waals surface area contributed by atoms with Gasteiger partial charge in [-0.25, -0.2) is 9.97 Å².